The molecule has 0 radical (unpaired) electrons. The third kappa shape index (κ3) is 4.75. The van der Waals surface area contributed by atoms with Crippen LogP contribution in [0.5, 0.6) is 0 Å². The van der Waals surface area contributed by atoms with Crippen molar-refractivity contribution >= 4 is 29.0 Å². The normalized spacial score (nSPS) is 10.4. The molecule has 0 aromatic heterocycles. The number of nitrogens with one attached hydrogen (secondary N) is 1. The molecule has 6 heteroatoms. The largest absolute Gasteiger partial charge is 0.396 e. The number of nitrogens with two attached hydrogens (primary N) is 1. The van der Waals surface area contributed by atoms with Crippen LogP contribution >= 0.6 is 11.8 Å². The van der Waals surface area contributed by atoms with Gasteiger partial charge >= 0.3 is 0 Å². The SMILES string of the molecule is Nc1cc(NC(=O)CCSc2ccc(F)cc2)ccc1F. The van der Waals surface area contributed by atoms with Gasteiger partial charge in [0.15, 0.2) is 0 Å². The van der Waals surface area contributed by atoms with E-state index in [1.54, 1.807) is 12.1 Å². The maximum absolute atomic E-state index is 13.0. The summed E-state index contributed by atoms with van der Waals surface area (Å²) in [6, 6.07) is 10.1. The summed E-state index contributed by atoms with van der Waals surface area (Å²) in [5, 5.41) is 2.65. The number of nitrogen functional groups attached to an aromatic ring is 1. The number of halogens is 2. The Labute approximate surface area is 125 Å². The van der Waals surface area contributed by atoms with E-state index in [-0.39, 0.29) is 17.4 Å². The fourth-order valence-corrected chi connectivity index (χ4v) is 2.49. The minimum atomic E-state index is -0.514. The van der Waals surface area contributed by atoms with E-state index in [9.17, 15) is 13.6 Å². The number of anilines is 2. The van der Waals surface area contributed by atoms with E-state index in [1.165, 1.54) is 42.1 Å². The van der Waals surface area contributed by atoms with Crippen molar-refractivity contribution in [2.24, 2.45) is 0 Å². The number of amides is 1. The minimum Gasteiger partial charge on any atom is -0.396 e. The third-order valence-electron chi connectivity index (χ3n) is 2.69. The minimum absolute atomic E-state index is 0.00603. The molecule has 110 valence electrons. The summed E-state index contributed by atoms with van der Waals surface area (Å²) in [6.07, 6.45) is 0.291. The van der Waals surface area contributed by atoms with Crippen molar-refractivity contribution in [1.29, 1.82) is 0 Å². The van der Waals surface area contributed by atoms with Crippen LogP contribution in [0.4, 0.5) is 20.2 Å². The summed E-state index contributed by atoms with van der Waals surface area (Å²) < 4.78 is 25.7. The maximum Gasteiger partial charge on any atom is 0.225 e. The molecule has 0 aliphatic heterocycles. The van der Waals surface area contributed by atoms with Crippen LogP contribution in [0.25, 0.3) is 0 Å². The van der Waals surface area contributed by atoms with Gasteiger partial charge in [0.1, 0.15) is 11.6 Å². The molecule has 2 aromatic rings. The smallest absolute Gasteiger partial charge is 0.225 e. The van der Waals surface area contributed by atoms with Crippen molar-refractivity contribution in [3.63, 3.8) is 0 Å². The first-order valence-electron chi connectivity index (χ1n) is 6.28. The molecule has 0 saturated carbocycles. The summed E-state index contributed by atoms with van der Waals surface area (Å²) in [6.45, 7) is 0. The van der Waals surface area contributed by atoms with Crippen molar-refractivity contribution in [2.75, 3.05) is 16.8 Å². The van der Waals surface area contributed by atoms with E-state index < -0.39 is 5.82 Å². The van der Waals surface area contributed by atoms with E-state index in [4.69, 9.17) is 5.73 Å². The van der Waals surface area contributed by atoms with Crippen LogP contribution in [0.2, 0.25) is 0 Å². The van der Waals surface area contributed by atoms with E-state index in [2.05, 4.69) is 5.32 Å². The predicted octanol–water partition coefficient (Wildman–Crippen LogP) is 3.67. The van der Waals surface area contributed by atoms with Gasteiger partial charge in [-0.3, -0.25) is 4.79 Å². The molecule has 0 unspecified atom stereocenters. The highest BCUT2D eigenvalue weighted by molar-refractivity contribution is 7.99. The molecule has 21 heavy (non-hydrogen) atoms. The van der Waals surface area contributed by atoms with Crippen LogP contribution in [-0.2, 0) is 4.79 Å². The zero-order valence-corrected chi connectivity index (χ0v) is 11.9. The van der Waals surface area contributed by atoms with E-state index in [1.807, 2.05) is 0 Å². The Bertz CT molecular complexity index is 632. The summed E-state index contributed by atoms with van der Waals surface area (Å²) in [4.78, 5) is 12.6. The highest BCUT2D eigenvalue weighted by Gasteiger charge is 2.05. The Kier molecular flexibility index (Phi) is 5.16. The molecule has 0 aliphatic rings. The molecule has 2 aromatic carbocycles. The zero-order valence-electron chi connectivity index (χ0n) is 11.1. The first kappa shape index (κ1) is 15.3. The summed E-state index contributed by atoms with van der Waals surface area (Å²) in [7, 11) is 0. The number of thioether (sulfide) groups is 1. The first-order valence-corrected chi connectivity index (χ1v) is 7.26. The van der Waals surface area contributed by atoms with Gasteiger partial charge in [0.2, 0.25) is 5.91 Å². The quantitative estimate of drug-likeness (QED) is 0.654. The lowest BCUT2D eigenvalue weighted by Crippen LogP contribution is -2.12. The van der Waals surface area contributed by atoms with Gasteiger partial charge in [-0.05, 0) is 42.5 Å². The number of carbonyl (C=O) groups is 1. The number of benzene rings is 2. The molecule has 3 N–H and O–H groups in total. The Balaban J connectivity index is 1.79. The molecule has 0 atom stereocenters. The van der Waals surface area contributed by atoms with Gasteiger partial charge < -0.3 is 11.1 Å². The number of carbonyl (C=O) groups excluding carboxylic acids is 1. The van der Waals surface area contributed by atoms with Crippen LogP contribution in [-0.4, -0.2) is 11.7 Å². The van der Waals surface area contributed by atoms with Gasteiger partial charge in [0, 0.05) is 22.8 Å². The van der Waals surface area contributed by atoms with Crippen molar-refractivity contribution < 1.29 is 13.6 Å². The van der Waals surface area contributed by atoms with Crippen LogP contribution in [0.15, 0.2) is 47.4 Å². The molecule has 0 saturated heterocycles. The van der Waals surface area contributed by atoms with Crippen LogP contribution in [0, 0.1) is 11.6 Å². The number of hydrogen-bond donors (Lipinski definition) is 2. The monoisotopic (exact) mass is 308 g/mol. The van der Waals surface area contributed by atoms with Crippen LogP contribution in [0.1, 0.15) is 6.42 Å². The van der Waals surface area contributed by atoms with Gasteiger partial charge in [-0.25, -0.2) is 8.78 Å². The van der Waals surface area contributed by atoms with Crippen LogP contribution < -0.4 is 11.1 Å². The molecule has 0 heterocycles. The second kappa shape index (κ2) is 7.08. The Morgan fingerprint density at radius 2 is 1.86 bits per heavy atom. The average molecular weight is 308 g/mol. The molecule has 0 fully saturated rings. The summed E-state index contributed by atoms with van der Waals surface area (Å²) in [5.41, 5.74) is 5.88. The van der Waals surface area contributed by atoms with E-state index >= 15 is 0 Å². The maximum atomic E-state index is 13.0. The van der Waals surface area contributed by atoms with Crippen LogP contribution in [0.3, 0.4) is 0 Å². The zero-order chi connectivity index (χ0) is 15.2. The third-order valence-corrected chi connectivity index (χ3v) is 3.70. The van der Waals surface area contributed by atoms with Gasteiger partial charge in [-0.15, -0.1) is 11.8 Å². The number of hydrogen-bond acceptors (Lipinski definition) is 3. The molecular formula is C15H14F2N2OS. The van der Waals surface area contributed by atoms with Crippen molar-refractivity contribution in [1.82, 2.24) is 0 Å². The highest BCUT2D eigenvalue weighted by atomic mass is 32.2. The van der Waals surface area contributed by atoms with Gasteiger partial charge in [0.25, 0.3) is 0 Å². The molecule has 1 amide bonds. The van der Waals surface area contributed by atoms with Crippen molar-refractivity contribution in [3.05, 3.63) is 54.1 Å². The van der Waals surface area contributed by atoms with Gasteiger partial charge in [-0.2, -0.15) is 0 Å². The second-order valence-corrected chi connectivity index (χ2v) is 5.51. The van der Waals surface area contributed by atoms with E-state index in [0.717, 1.165) is 4.90 Å². The Hall–Kier alpha value is -2.08. The Morgan fingerprint density at radius 3 is 2.52 bits per heavy atom. The van der Waals surface area contributed by atoms with Gasteiger partial charge in [0.05, 0.1) is 5.69 Å². The number of rotatable bonds is 5. The lowest BCUT2D eigenvalue weighted by Gasteiger charge is -2.06. The second-order valence-electron chi connectivity index (χ2n) is 4.34. The molecule has 0 aliphatic carbocycles. The molecule has 3 nitrogen and oxygen atoms in total. The summed E-state index contributed by atoms with van der Waals surface area (Å²) in [5.74, 6) is -0.421. The fourth-order valence-electron chi connectivity index (χ4n) is 1.64. The lowest BCUT2D eigenvalue weighted by molar-refractivity contribution is -0.115. The predicted molar refractivity (Wildman–Crippen MR) is 81.2 cm³/mol. The Morgan fingerprint density at radius 1 is 1.14 bits per heavy atom. The standard InChI is InChI=1S/C15H14F2N2OS/c16-10-1-4-12(5-2-10)21-8-7-15(20)19-11-3-6-13(17)14(18)9-11/h1-6,9H,7-8,18H2,(H,19,20). The van der Waals surface area contributed by atoms with Crippen molar-refractivity contribution in [3.8, 4) is 0 Å². The topological polar surface area (TPSA) is 55.1 Å². The summed E-state index contributed by atoms with van der Waals surface area (Å²) >= 11 is 1.46. The van der Waals surface area contributed by atoms with Gasteiger partial charge in [-0.1, -0.05) is 0 Å². The molecule has 0 spiro atoms. The first-order chi connectivity index (χ1) is 10.0. The van der Waals surface area contributed by atoms with E-state index in [0.29, 0.717) is 17.9 Å². The average Bonchev–Trinajstić information content (AvgIpc) is 2.45. The molecule has 0 bridgehead atoms. The lowest BCUT2D eigenvalue weighted by atomic mass is 10.2. The molecular weight excluding hydrogens is 294 g/mol. The van der Waals surface area contributed by atoms with Crippen molar-refractivity contribution in [2.45, 2.75) is 11.3 Å². The highest BCUT2D eigenvalue weighted by Crippen LogP contribution is 2.20. The molecule has 2 rings (SSSR count). The fraction of sp³-hybridized carbons (Fsp3) is 0.133.